The van der Waals surface area contributed by atoms with Crippen LogP contribution in [0.2, 0.25) is 0 Å². The Balaban J connectivity index is 1.90. The first kappa shape index (κ1) is 10.4. The summed E-state index contributed by atoms with van der Waals surface area (Å²) in [7, 11) is 0. The highest BCUT2D eigenvalue weighted by atomic mass is 16.7. The van der Waals surface area contributed by atoms with Gasteiger partial charge in [-0.05, 0) is 25.2 Å². The van der Waals surface area contributed by atoms with Crippen molar-refractivity contribution in [3.63, 3.8) is 0 Å². The molecular formula is C10H15NO4. The summed E-state index contributed by atoms with van der Waals surface area (Å²) in [5.41, 5.74) is 0. The molecule has 2 rings (SSSR count). The molecule has 5 nitrogen and oxygen atoms in total. The number of ether oxygens (including phenoxy) is 1. The third kappa shape index (κ3) is 2.28. The van der Waals surface area contributed by atoms with Gasteiger partial charge in [0.15, 0.2) is 0 Å². The van der Waals surface area contributed by atoms with Crippen LogP contribution >= 0.6 is 0 Å². The first-order chi connectivity index (χ1) is 7.16. The average Bonchev–Trinajstić information content (AvgIpc) is 2.59. The zero-order chi connectivity index (χ0) is 10.8. The summed E-state index contributed by atoms with van der Waals surface area (Å²) in [4.78, 5) is 21.5. The number of hydrogen-bond donors (Lipinski definition) is 2. The van der Waals surface area contributed by atoms with Crippen LogP contribution in [0.1, 0.15) is 32.1 Å². The topological polar surface area (TPSA) is 75.6 Å². The lowest BCUT2D eigenvalue weighted by Crippen LogP contribution is -2.38. The predicted molar refractivity (Wildman–Crippen MR) is 51.4 cm³/mol. The number of carboxylic acid groups (broad SMARTS) is 1. The number of nitrogens with one attached hydrogen (secondary N) is 1. The van der Waals surface area contributed by atoms with Gasteiger partial charge in [-0.1, -0.05) is 12.8 Å². The molecule has 1 saturated heterocycles. The molecule has 2 aliphatic rings. The van der Waals surface area contributed by atoms with Crippen molar-refractivity contribution in [2.24, 2.45) is 5.92 Å². The van der Waals surface area contributed by atoms with Gasteiger partial charge in [0.25, 0.3) is 0 Å². The Bertz CT molecular complexity index is 265. The van der Waals surface area contributed by atoms with E-state index in [1.807, 2.05) is 0 Å². The van der Waals surface area contributed by atoms with Gasteiger partial charge in [0.05, 0.1) is 0 Å². The predicted octanol–water partition coefficient (Wildman–Crippen LogP) is 1.13. The fourth-order valence-electron chi connectivity index (χ4n) is 2.66. The Morgan fingerprint density at radius 2 is 2.00 bits per heavy atom. The third-order valence-electron chi connectivity index (χ3n) is 3.34. The molecule has 0 aromatic carbocycles. The first-order valence-electron chi connectivity index (χ1n) is 5.37. The van der Waals surface area contributed by atoms with E-state index in [1.165, 1.54) is 12.8 Å². The second kappa shape index (κ2) is 4.18. The van der Waals surface area contributed by atoms with Gasteiger partial charge in [0.2, 0.25) is 0 Å². The monoisotopic (exact) mass is 213 g/mol. The summed E-state index contributed by atoms with van der Waals surface area (Å²) < 4.78 is 4.16. The summed E-state index contributed by atoms with van der Waals surface area (Å²) in [6, 6.07) is -0.0423. The SMILES string of the molecule is O=C(O)OC(=O)C1CC2CCCCC2N1. The van der Waals surface area contributed by atoms with E-state index in [-0.39, 0.29) is 0 Å². The van der Waals surface area contributed by atoms with E-state index in [0.29, 0.717) is 12.0 Å². The quantitative estimate of drug-likeness (QED) is 0.504. The molecule has 1 heterocycles. The maximum absolute atomic E-state index is 11.3. The maximum atomic E-state index is 11.3. The molecule has 0 amide bonds. The van der Waals surface area contributed by atoms with Crippen molar-refractivity contribution in [2.75, 3.05) is 0 Å². The maximum Gasteiger partial charge on any atom is 0.513 e. The largest absolute Gasteiger partial charge is 0.513 e. The number of carbonyl (C=O) groups is 2. The fraction of sp³-hybridized carbons (Fsp3) is 0.800. The van der Waals surface area contributed by atoms with Gasteiger partial charge in [-0.15, -0.1) is 0 Å². The number of fused-ring (bicyclic) bond motifs is 1. The summed E-state index contributed by atoms with van der Waals surface area (Å²) in [6.07, 6.45) is 3.82. The molecule has 0 spiro atoms. The molecule has 15 heavy (non-hydrogen) atoms. The van der Waals surface area contributed by atoms with E-state index in [9.17, 15) is 9.59 Å². The van der Waals surface area contributed by atoms with E-state index in [0.717, 1.165) is 19.3 Å². The van der Waals surface area contributed by atoms with E-state index in [4.69, 9.17) is 5.11 Å². The Hall–Kier alpha value is -1.10. The summed E-state index contributed by atoms with van der Waals surface area (Å²) in [5.74, 6) is -0.137. The number of esters is 1. The van der Waals surface area contributed by atoms with E-state index in [1.54, 1.807) is 0 Å². The molecule has 0 radical (unpaired) electrons. The Morgan fingerprint density at radius 1 is 1.27 bits per heavy atom. The van der Waals surface area contributed by atoms with Crippen LogP contribution in [0.3, 0.4) is 0 Å². The van der Waals surface area contributed by atoms with Crippen LogP contribution in [0.25, 0.3) is 0 Å². The van der Waals surface area contributed by atoms with Crippen LogP contribution < -0.4 is 5.32 Å². The minimum atomic E-state index is -1.52. The molecule has 1 aliphatic heterocycles. The molecule has 3 unspecified atom stereocenters. The normalized spacial score (nSPS) is 34.5. The van der Waals surface area contributed by atoms with Gasteiger partial charge in [-0.3, -0.25) is 0 Å². The molecular weight excluding hydrogens is 198 g/mol. The van der Waals surface area contributed by atoms with Gasteiger partial charge < -0.3 is 15.2 Å². The van der Waals surface area contributed by atoms with Crippen LogP contribution in [0.4, 0.5) is 4.79 Å². The lowest BCUT2D eigenvalue weighted by atomic mass is 9.85. The summed E-state index contributed by atoms with van der Waals surface area (Å²) >= 11 is 0. The van der Waals surface area contributed by atoms with E-state index < -0.39 is 18.2 Å². The van der Waals surface area contributed by atoms with Crippen molar-refractivity contribution in [1.82, 2.24) is 5.32 Å². The molecule has 5 heteroatoms. The van der Waals surface area contributed by atoms with Crippen molar-refractivity contribution >= 4 is 12.1 Å². The van der Waals surface area contributed by atoms with E-state index in [2.05, 4.69) is 10.1 Å². The van der Waals surface area contributed by atoms with Crippen molar-refractivity contribution < 1.29 is 19.4 Å². The summed E-state index contributed by atoms with van der Waals surface area (Å²) in [6.45, 7) is 0. The van der Waals surface area contributed by atoms with E-state index >= 15 is 0 Å². The lowest BCUT2D eigenvalue weighted by Gasteiger charge is -2.24. The second-order valence-electron chi connectivity index (χ2n) is 4.29. The third-order valence-corrected chi connectivity index (χ3v) is 3.34. The van der Waals surface area contributed by atoms with Crippen molar-refractivity contribution in [1.29, 1.82) is 0 Å². The van der Waals surface area contributed by atoms with Crippen molar-refractivity contribution in [3.8, 4) is 0 Å². The van der Waals surface area contributed by atoms with Gasteiger partial charge >= 0.3 is 12.1 Å². The summed E-state index contributed by atoms with van der Waals surface area (Å²) in [5, 5.41) is 11.5. The second-order valence-corrected chi connectivity index (χ2v) is 4.29. The number of hydrogen-bond acceptors (Lipinski definition) is 4. The highest BCUT2D eigenvalue weighted by molar-refractivity contribution is 5.85. The van der Waals surface area contributed by atoms with Crippen LogP contribution in [-0.4, -0.2) is 29.3 Å². The molecule has 0 bridgehead atoms. The smallest absolute Gasteiger partial charge is 0.449 e. The standard InChI is InChI=1S/C10H15NO4/c12-9(15-10(13)14)8-5-6-3-1-2-4-7(6)11-8/h6-8,11H,1-5H2,(H,13,14). The zero-order valence-corrected chi connectivity index (χ0v) is 8.44. The van der Waals surface area contributed by atoms with Gasteiger partial charge in [-0.25, -0.2) is 9.59 Å². The molecule has 2 fully saturated rings. The van der Waals surface area contributed by atoms with Gasteiger partial charge in [-0.2, -0.15) is 0 Å². The minimum absolute atomic E-state index is 0.380. The van der Waals surface area contributed by atoms with Gasteiger partial charge in [0, 0.05) is 6.04 Å². The number of rotatable bonds is 1. The van der Waals surface area contributed by atoms with Crippen LogP contribution in [-0.2, 0) is 9.53 Å². The highest BCUT2D eigenvalue weighted by Gasteiger charge is 2.39. The number of carbonyl (C=O) groups excluding carboxylic acids is 1. The van der Waals surface area contributed by atoms with Crippen LogP contribution in [0.15, 0.2) is 0 Å². The highest BCUT2D eigenvalue weighted by Crippen LogP contribution is 2.33. The molecule has 1 saturated carbocycles. The molecule has 0 aromatic heterocycles. The van der Waals surface area contributed by atoms with Crippen molar-refractivity contribution in [2.45, 2.75) is 44.2 Å². The van der Waals surface area contributed by atoms with Gasteiger partial charge in [0.1, 0.15) is 6.04 Å². The molecule has 3 atom stereocenters. The lowest BCUT2D eigenvalue weighted by molar-refractivity contribution is -0.141. The fourth-order valence-corrected chi connectivity index (χ4v) is 2.66. The zero-order valence-electron chi connectivity index (χ0n) is 8.44. The van der Waals surface area contributed by atoms with Crippen LogP contribution in [0, 0.1) is 5.92 Å². The van der Waals surface area contributed by atoms with Crippen LogP contribution in [0.5, 0.6) is 0 Å². The molecule has 84 valence electrons. The Morgan fingerprint density at radius 3 is 2.67 bits per heavy atom. The minimum Gasteiger partial charge on any atom is -0.449 e. The molecule has 2 N–H and O–H groups in total. The molecule has 1 aliphatic carbocycles. The van der Waals surface area contributed by atoms with Crippen molar-refractivity contribution in [3.05, 3.63) is 0 Å². The average molecular weight is 213 g/mol. The Labute approximate surface area is 87.8 Å². The Kier molecular flexibility index (Phi) is 2.90. The first-order valence-corrected chi connectivity index (χ1v) is 5.37. The molecule has 0 aromatic rings.